The Morgan fingerprint density at radius 1 is 1.28 bits per heavy atom. The highest BCUT2D eigenvalue weighted by Crippen LogP contribution is 2.39. The lowest BCUT2D eigenvalue weighted by molar-refractivity contribution is 0.291. The van der Waals surface area contributed by atoms with E-state index < -0.39 is 0 Å². The SMILES string of the molecule is CC(C)CCC(N)c1ccc2c(c1)C(C)(C)CO2. The summed E-state index contributed by atoms with van der Waals surface area (Å²) in [7, 11) is 0. The van der Waals surface area contributed by atoms with Gasteiger partial charge in [0.05, 0.1) is 6.61 Å². The van der Waals surface area contributed by atoms with Gasteiger partial charge >= 0.3 is 0 Å². The van der Waals surface area contributed by atoms with Crippen LogP contribution < -0.4 is 10.5 Å². The first kappa shape index (κ1) is 13.4. The van der Waals surface area contributed by atoms with Crippen molar-refractivity contribution in [3.8, 4) is 5.75 Å². The number of rotatable bonds is 4. The van der Waals surface area contributed by atoms with Gasteiger partial charge in [0.15, 0.2) is 0 Å². The fourth-order valence-corrected chi connectivity index (χ4v) is 2.45. The van der Waals surface area contributed by atoms with Crippen molar-refractivity contribution < 1.29 is 4.74 Å². The Morgan fingerprint density at radius 2 is 2.00 bits per heavy atom. The van der Waals surface area contributed by atoms with Crippen molar-refractivity contribution in [2.24, 2.45) is 11.7 Å². The van der Waals surface area contributed by atoms with Gasteiger partial charge in [0.2, 0.25) is 0 Å². The van der Waals surface area contributed by atoms with Crippen LogP contribution in [-0.4, -0.2) is 6.61 Å². The van der Waals surface area contributed by atoms with Crippen molar-refractivity contribution in [3.05, 3.63) is 29.3 Å². The Labute approximate surface area is 111 Å². The summed E-state index contributed by atoms with van der Waals surface area (Å²) in [4.78, 5) is 0. The zero-order chi connectivity index (χ0) is 13.3. The molecule has 0 spiro atoms. The Bertz CT molecular complexity index is 423. The van der Waals surface area contributed by atoms with E-state index in [9.17, 15) is 0 Å². The highest BCUT2D eigenvalue weighted by atomic mass is 16.5. The zero-order valence-electron chi connectivity index (χ0n) is 12.0. The van der Waals surface area contributed by atoms with Crippen molar-refractivity contribution in [1.82, 2.24) is 0 Å². The average Bonchev–Trinajstić information content (AvgIpc) is 2.62. The molecule has 1 heterocycles. The standard InChI is InChI=1S/C16H25NO/c1-11(2)5-7-14(17)12-6-8-15-13(9-12)16(3,4)10-18-15/h6,8-9,11,14H,5,7,10,17H2,1-4H3. The van der Waals surface area contributed by atoms with Crippen LogP contribution in [0.5, 0.6) is 5.75 Å². The number of nitrogens with two attached hydrogens (primary N) is 1. The molecule has 0 saturated carbocycles. The summed E-state index contributed by atoms with van der Waals surface area (Å²) in [5.41, 5.74) is 8.95. The second-order valence-corrected chi connectivity index (χ2v) is 6.51. The van der Waals surface area contributed by atoms with Crippen molar-refractivity contribution in [2.75, 3.05) is 6.61 Å². The lowest BCUT2D eigenvalue weighted by Gasteiger charge is -2.18. The predicted octanol–water partition coefficient (Wildman–Crippen LogP) is 3.79. The van der Waals surface area contributed by atoms with Crippen molar-refractivity contribution in [3.63, 3.8) is 0 Å². The van der Waals surface area contributed by atoms with Crippen LogP contribution in [-0.2, 0) is 5.41 Å². The van der Waals surface area contributed by atoms with Gasteiger partial charge in [-0.25, -0.2) is 0 Å². The third-order valence-corrected chi connectivity index (χ3v) is 3.80. The monoisotopic (exact) mass is 247 g/mol. The minimum atomic E-state index is 0.114. The summed E-state index contributed by atoms with van der Waals surface area (Å²) in [6.45, 7) is 9.70. The highest BCUT2D eigenvalue weighted by Gasteiger charge is 2.32. The van der Waals surface area contributed by atoms with E-state index in [1.165, 1.54) is 17.5 Å². The smallest absolute Gasteiger partial charge is 0.123 e. The summed E-state index contributed by atoms with van der Waals surface area (Å²) in [5, 5.41) is 0. The molecule has 2 nitrogen and oxygen atoms in total. The fraction of sp³-hybridized carbons (Fsp3) is 0.625. The Kier molecular flexibility index (Phi) is 3.67. The highest BCUT2D eigenvalue weighted by molar-refractivity contribution is 5.45. The molecule has 2 rings (SSSR count). The lowest BCUT2D eigenvalue weighted by Crippen LogP contribution is -2.19. The van der Waals surface area contributed by atoms with Crippen LogP contribution in [0.15, 0.2) is 18.2 Å². The largest absolute Gasteiger partial charge is 0.492 e. The van der Waals surface area contributed by atoms with Gasteiger partial charge in [-0.05, 0) is 36.5 Å². The summed E-state index contributed by atoms with van der Waals surface area (Å²) < 4.78 is 5.71. The lowest BCUT2D eigenvalue weighted by atomic mass is 9.85. The maximum atomic E-state index is 6.29. The fourth-order valence-electron chi connectivity index (χ4n) is 2.45. The average molecular weight is 247 g/mol. The minimum Gasteiger partial charge on any atom is -0.492 e. The summed E-state index contributed by atoms with van der Waals surface area (Å²) in [6.07, 6.45) is 2.23. The van der Waals surface area contributed by atoms with E-state index in [-0.39, 0.29) is 11.5 Å². The van der Waals surface area contributed by atoms with Crippen LogP contribution in [0, 0.1) is 5.92 Å². The maximum Gasteiger partial charge on any atom is 0.123 e. The van der Waals surface area contributed by atoms with E-state index >= 15 is 0 Å². The first-order valence-corrected chi connectivity index (χ1v) is 6.93. The molecule has 0 bridgehead atoms. The molecule has 2 N–H and O–H groups in total. The van der Waals surface area contributed by atoms with Crippen molar-refractivity contribution in [1.29, 1.82) is 0 Å². The topological polar surface area (TPSA) is 35.2 Å². The number of hydrogen-bond acceptors (Lipinski definition) is 2. The third kappa shape index (κ3) is 2.69. The van der Waals surface area contributed by atoms with Gasteiger partial charge in [0.1, 0.15) is 5.75 Å². The van der Waals surface area contributed by atoms with E-state index in [1.807, 2.05) is 0 Å². The van der Waals surface area contributed by atoms with Gasteiger partial charge in [-0.15, -0.1) is 0 Å². The number of benzene rings is 1. The van der Waals surface area contributed by atoms with Crippen LogP contribution >= 0.6 is 0 Å². The van der Waals surface area contributed by atoms with Crippen molar-refractivity contribution >= 4 is 0 Å². The Balaban J connectivity index is 2.16. The van der Waals surface area contributed by atoms with E-state index in [4.69, 9.17) is 10.5 Å². The van der Waals surface area contributed by atoms with E-state index in [2.05, 4.69) is 45.9 Å². The molecule has 1 aliphatic rings. The van der Waals surface area contributed by atoms with E-state index in [0.29, 0.717) is 5.92 Å². The van der Waals surface area contributed by atoms with Gasteiger partial charge in [0.25, 0.3) is 0 Å². The maximum absolute atomic E-state index is 6.29. The second kappa shape index (κ2) is 4.93. The molecule has 18 heavy (non-hydrogen) atoms. The molecule has 0 aromatic heterocycles. The molecule has 1 aromatic rings. The number of ether oxygens (including phenoxy) is 1. The van der Waals surface area contributed by atoms with Crippen molar-refractivity contribution in [2.45, 2.75) is 52.0 Å². The quantitative estimate of drug-likeness (QED) is 0.878. The molecule has 0 fully saturated rings. The number of hydrogen-bond donors (Lipinski definition) is 1. The molecular weight excluding hydrogens is 222 g/mol. The van der Waals surface area contributed by atoms with Gasteiger partial charge in [-0.3, -0.25) is 0 Å². The normalized spacial score (nSPS) is 18.6. The molecule has 1 unspecified atom stereocenters. The molecule has 0 saturated heterocycles. The summed E-state index contributed by atoms with van der Waals surface area (Å²) in [5.74, 6) is 1.74. The zero-order valence-corrected chi connectivity index (χ0v) is 12.0. The molecule has 1 aliphatic heterocycles. The van der Waals surface area contributed by atoms with Gasteiger partial charge < -0.3 is 10.5 Å². The molecule has 0 amide bonds. The molecule has 2 heteroatoms. The molecule has 1 atom stereocenters. The molecule has 0 aliphatic carbocycles. The molecule has 100 valence electrons. The van der Waals surface area contributed by atoms with Gasteiger partial charge in [-0.1, -0.05) is 33.8 Å². The first-order chi connectivity index (χ1) is 8.40. The number of fused-ring (bicyclic) bond motifs is 1. The summed E-state index contributed by atoms with van der Waals surface area (Å²) in [6, 6.07) is 6.59. The van der Waals surface area contributed by atoms with Crippen LogP contribution in [0.4, 0.5) is 0 Å². The van der Waals surface area contributed by atoms with Crippen LogP contribution in [0.1, 0.15) is 57.7 Å². The molecular formula is C16H25NO. The second-order valence-electron chi connectivity index (χ2n) is 6.51. The summed E-state index contributed by atoms with van der Waals surface area (Å²) >= 11 is 0. The Morgan fingerprint density at radius 3 is 2.67 bits per heavy atom. The van der Waals surface area contributed by atoms with E-state index in [1.54, 1.807) is 0 Å². The minimum absolute atomic E-state index is 0.114. The first-order valence-electron chi connectivity index (χ1n) is 6.93. The predicted molar refractivity (Wildman–Crippen MR) is 76.0 cm³/mol. The molecule has 0 radical (unpaired) electrons. The molecule has 1 aromatic carbocycles. The van der Waals surface area contributed by atoms with E-state index in [0.717, 1.165) is 18.8 Å². The van der Waals surface area contributed by atoms with Crippen LogP contribution in [0.2, 0.25) is 0 Å². The Hall–Kier alpha value is -1.02. The van der Waals surface area contributed by atoms with Gasteiger partial charge in [0, 0.05) is 17.0 Å². The van der Waals surface area contributed by atoms with Crippen LogP contribution in [0.3, 0.4) is 0 Å². The van der Waals surface area contributed by atoms with Gasteiger partial charge in [-0.2, -0.15) is 0 Å². The third-order valence-electron chi connectivity index (χ3n) is 3.80. The van der Waals surface area contributed by atoms with Crippen LogP contribution in [0.25, 0.3) is 0 Å².